The van der Waals surface area contributed by atoms with Crippen molar-refractivity contribution >= 4 is 18.1 Å². The molecule has 0 aliphatic rings. The lowest BCUT2D eigenvalue weighted by atomic mass is 10.1. The Morgan fingerprint density at radius 2 is 2.07 bits per heavy atom. The molecule has 2 rings (SSSR count). The van der Waals surface area contributed by atoms with Gasteiger partial charge in [0, 0.05) is 5.69 Å². The maximum absolute atomic E-state index is 12.0. The Balaban J connectivity index is 1.95. The molecule has 0 bridgehead atoms. The van der Waals surface area contributed by atoms with Crippen molar-refractivity contribution in [2.24, 2.45) is 5.10 Å². The van der Waals surface area contributed by atoms with Gasteiger partial charge in [-0.3, -0.25) is 4.79 Å². The van der Waals surface area contributed by atoms with Gasteiger partial charge in [0.1, 0.15) is 11.8 Å². The molecule has 1 amide bonds. The molecular formula is C19H20N4O4. The molecule has 27 heavy (non-hydrogen) atoms. The zero-order valence-corrected chi connectivity index (χ0v) is 15.3. The van der Waals surface area contributed by atoms with Gasteiger partial charge in [-0.15, -0.1) is 0 Å². The van der Waals surface area contributed by atoms with E-state index in [4.69, 9.17) is 14.7 Å². The van der Waals surface area contributed by atoms with Crippen molar-refractivity contribution in [1.82, 2.24) is 10.4 Å². The third-order valence-corrected chi connectivity index (χ3v) is 3.70. The monoisotopic (exact) mass is 368 g/mol. The van der Waals surface area contributed by atoms with Gasteiger partial charge in [0.15, 0.2) is 6.61 Å². The first-order valence-electron chi connectivity index (χ1n) is 8.28. The van der Waals surface area contributed by atoms with Crippen molar-refractivity contribution < 1.29 is 19.1 Å². The molecule has 2 N–H and O–H groups in total. The predicted octanol–water partition coefficient (Wildman–Crippen LogP) is 2.21. The largest absolute Gasteiger partial charge is 0.482 e. The summed E-state index contributed by atoms with van der Waals surface area (Å²) in [7, 11) is 0. The Bertz CT molecular complexity index is 909. The number of amides is 1. The molecule has 1 aromatic carbocycles. The van der Waals surface area contributed by atoms with Crippen LogP contribution in [-0.2, 0) is 9.53 Å². The molecule has 8 nitrogen and oxygen atoms in total. The minimum Gasteiger partial charge on any atom is -0.482 e. The fourth-order valence-corrected chi connectivity index (χ4v) is 2.44. The molecule has 1 heterocycles. The average molecular weight is 368 g/mol. The predicted molar refractivity (Wildman–Crippen MR) is 98.6 cm³/mol. The Hall–Kier alpha value is -3.60. The van der Waals surface area contributed by atoms with E-state index in [1.807, 2.05) is 6.07 Å². The number of nitrogens with one attached hydrogen (secondary N) is 2. The molecule has 140 valence electrons. The quantitative estimate of drug-likeness (QED) is 0.441. The lowest BCUT2D eigenvalue weighted by molar-refractivity contribution is -0.123. The first kappa shape index (κ1) is 19.7. The van der Waals surface area contributed by atoms with Crippen LogP contribution in [0.2, 0.25) is 0 Å². The number of nitrogens with zero attached hydrogens (tertiary/aromatic N) is 2. The van der Waals surface area contributed by atoms with Crippen molar-refractivity contribution in [3.05, 3.63) is 52.3 Å². The Labute approximate surface area is 156 Å². The molecule has 0 saturated carbocycles. The number of hydrogen-bond donors (Lipinski definition) is 2. The first-order chi connectivity index (χ1) is 13.0. The van der Waals surface area contributed by atoms with Crippen LogP contribution in [0, 0.1) is 25.2 Å². The van der Waals surface area contributed by atoms with Crippen molar-refractivity contribution in [2.75, 3.05) is 13.2 Å². The van der Waals surface area contributed by atoms with E-state index in [2.05, 4.69) is 15.5 Å². The number of esters is 1. The normalized spacial score (nSPS) is 10.4. The number of H-pyrrole nitrogens is 1. The number of carbonyl (C=O) groups is 2. The number of nitriles is 1. The summed E-state index contributed by atoms with van der Waals surface area (Å²) in [5.41, 5.74) is 5.08. The molecule has 0 atom stereocenters. The van der Waals surface area contributed by atoms with E-state index < -0.39 is 11.9 Å². The molecule has 8 heteroatoms. The number of carbonyl (C=O) groups excluding carboxylic acids is 2. The van der Waals surface area contributed by atoms with Crippen molar-refractivity contribution in [3.8, 4) is 11.8 Å². The summed E-state index contributed by atoms with van der Waals surface area (Å²) >= 11 is 0. The second-order valence-corrected chi connectivity index (χ2v) is 5.57. The Kier molecular flexibility index (Phi) is 6.72. The van der Waals surface area contributed by atoms with Crippen molar-refractivity contribution in [3.63, 3.8) is 0 Å². The number of hydrogen-bond acceptors (Lipinski definition) is 6. The second-order valence-electron chi connectivity index (χ2n) is 5.57. The lowest BCUT2D eigenvalue weighted by Gasteiger charge is -2.06. The highest BCUT2D eigenvalue weighted by atomic mass is 16.5. The molecule has 0 aliphatic carbocycles. The van der Waals surface area contributed by atoms with Gasteiger partial charge >= 0.3 is 5.97 Å². The standard InChI is InChI=1S/C19H20N4O4/c1-4-26-19(25)18-12(2)15(22-13(18)3)10-21-23-17(24)11-27-16-8-6-5-7-14(16)9-20/h5-8,10,22H,4,11H2,1-3H3,(H,23,24)/b21-10+. The highest BCUT2D eigenvalue weighted by Crippen LogP contribution is 2.18. The average Bonchev–Trinajstić information content (AvgIpc) is 2.94. The fraction of sp³-hybridized carbons (Fsp3) is 0.263. The van der Waals surface area contributed by atoms with Crippen LogP contribution in [0.5, 0.6) is 5.75 Å². The second kappa shape index (κ2) is 9.20. The minimum atomic E-state index is -0.481. The molecule has 2 aromatic rings. The summed E-state index contributed by atoms with van der Waals surface area (Å²) < 4.78 is 10.3. The van der Waals surface area contributed by atoms with Crippen molar-refractivity contribution in [1.29, 1.82) is 5.26 Å². The molecule has 0 fully saturated rings. The van der Waals surface area contributed by atoms with Crippen LogP contribution < -0.4 is 10.2 Å². The summed E-state index contributed by atoms with van der Waals surface area (Å²) in [4.78, 5) is 26.8. The van der Waals surface area contributed by atoms with Crippen LogP contribution in [0.3, 0.4) is 0 Å². The van der Waals surface area contributed by atoms with Gasteiger partial charge in [0.05, 0.1) is 29.6 Å². The highest BCUT2D eigenvalue weighted by Gasteiger charge is 2.18. The molecule has 1 aromatic heterocycles. The zero-order chi connectivity index (χ0) is 19.8. The van der Waals surface area contributed by atoms with Gasteiger partial charge in [-0.2, -0.15) is 10.4 Å². The smallest absolute Gasteiger partial charge is 0.340 e. The fourth-order valence-electron chi connectivity index (χ4n) is 2.44. The van der Waals surface area contributed by atoms with Gasteiger partial charge in [-0.05, 0) is 38.5 Å². The van der Waals surface area contributed by atoms with Crippen LogP contribution in [0.15, 0.2) is 29.4 Å². The number of aryl methyl sites for hydroxylation is 1. The number of ether oxygens (including phenoxy) is 2. The Morgan fingerprint density at radius 1 is 1.33 bits per heavy atom. The topological polar surface area (TPSA) is 117 Å². The van der Waals surface area contributed by atoms with E-state index >= 15 is 0 Å². The number of aromatic nitrogens is 1. The lowest BCUT2D eigenvalue weighted by Crippen LogP contribution is -2.24. The van der Waals surface area contributed by atoms with Crippen LogP contribution in [0.1, 0.15) is 39.8 Å². The third kappa shape index (κ3) is 4.95. The number of para-hydroxylation sites is 1. The molecule has 0 spiro atoms. The van der Waals surface area contributed by atoms with E-state index in [1.54, 1.807) is 45.0 Å². The third-order valence-electron chi connectivity index (χ3n) is 3.70. The summed E-state index contributed by atoms with van der Waals surface area (Å²) in [6, 6.07) is 8.62. The number of aromatic amines is 1. The number of benzene rings is 1. The van der Waals surface area contributed by atoms with Gasteiger partial charge in [0.25, 0.3) is 5.91 Å². The van der Waals surface area contributed by atoms with Gasteiger partial charge in [-0.25, -0.2) is 10.2 Å². The zero-order valence-electron chi connectivity index (χ0n) is 15.3. The molecule has 0 saturated heterocycles. The summed E-state index contributed by atoms with van der Waals surface area (Å²) in [5.74, 6) is -0.559. The summed E-state index contributed by atoms with van der Waals surface area (Å²) in [6.07, 6.45) is 1.41. The molecule has 0 unspecified atom stereocenters. The first-order valence-corrected chi connectivity index (χ1v) is 8.28. The van der Waals surface area contributed by atoms with Crippen LogP contribution >= 0.6 is 0 Å². The molecule has 0 radical (unpaired) electrons. The van der Waals surface area contributed by atoms with Gasteiger partial charge in [-0.1, -0.05) is 12.1 Å². The summed E-state index contributed by atoms with van der Waals surface area (Å²) in [6.45, 7) is 5.27. The van der Waals surface area contributed by atoms with E-state index in [0.717, 1.165) is 0 Å². The SMILES string of the molecule is CCOC(=O)c1c(C)[nH]c(/C=N/NC(=O)COc2ccccc2C#N)c1C. The van der Waals surface area contributed by atoms with E-state index in [0.29, 0.717) is 33.8 Å². The van der Waals surface area contributed by atoms with E-state index in [9.17, 15) is 9.59 Å². The Morgan fingerprint density at radius 3 is 2.78 bits per heavy atom. The maximum Gasteiger partial charge on any atom is 0.340 e. The minimum absolute atomic E-state index is 0.285. The maximum atomic E-state index is 12.0. The molecule has 0 aliphatic heterocycles. The van der Waals surface area contributed by atoms with Gasteiger partial charge < -0.3 is 14.5 Å². The molecular weight excluding hydrogens is 348 g/mol. The highest BCUT2D eigenvalue weighted by molar-refractivity contribution is 5.96. The van der Waals surface area contributed by atoms with Crippen LogP contribution in [0.4, 0.5) is 0 Å². The summed E-state index contributed by atoms with van der Waals surface area (Å²) in [5, 5.41) is 12.8. The van der Waals surface area contributed by atoms with Gasteiger partial charge in [0.2, 0.25) is 0 Å². The van der Waals surface area contributed by atoms with Crippen molar-refractivity contribution in [2.45, 2.75) is 20.8 Å². The van der Waals surface area contributed by atoms with Crippen LogP contribution in [-0.4, -0.2) is 36.3 Å². The number of rotatable bonds is 7. The van der Waals surface area contributed by atoms with Crippen LogP contribution in [0.25, 0.3) is 0 Å². The number of hydrazone groups is 1. The van der Waals surface area contributed by atoms with E-state index in [1.165, 1.54) is 6.21 Å². The van der Waals surface area contributed by atoms with E-state index in [-0.39, 0.29) is 13.2 Å².